The van der Waals surface area contributed by atoms with E-state index in [1.54, 1.807) is 6.07 Å². The predicted molar refractivity (Wildman–Crippen MR) is 33.5 cm³/mol. The van der Waals surface area contributed by atoms with Crippen LogP contribution in [-0.2, 0) is 0 Å². The second kappa shape index (κ2) is 42.6. The van der Waals surface area contributed by atoms with Gasteiger partial charge in [0.05, 0.1) is 6.07 Å². The van der Waals surface area contributed by atoms with E-state index in [9.17, 15) is 0 Å². The molecular formula is C4H11ClN2. The van der Waals surface area contributed by atoms with Crippen LogP contribution in [0.15, 0.2) is 0 Å². The highest BCUT2D eigenvalue weighted by Crippen LogP contribution is 1.21. The van der Waals surface area contributed by atoms with E-state index in [1.807, 2.05) is 14.1 Å². The highest BCUT2D eigenvalue weighted by molar-refractivity contribution is 5.85. The molecule has 0 aromatic heterocycles. The van der Waals surface area contributed by atoms with Gasteiger partial charge in [-0.2, -0.15) is 5.26 Å². The lowest BCUT2D eigenvalue weighted by molar-refractivity contribution is 1.02. The zero-order valence-corrected chi connectivity index (χ0v) is 5.67. The molecule has 0 amide bonds. The highest BCUT2D eigenvalue weighted by atomic mass is 35.5. The molecule has 0 spiro atoms. The first-order chi connectivity index (χ1) is 2.83. The topological polar surface area (TPSA) is 35.8 Å². The van der Waals surface area contributed by atoms with Crippen LogP contribution < -0.4 is 5.32 Å². The number of rotatable bonds is 0. The lowest BCUT2D eigenvalue weighted by Crippen LogP contribution is -1.89. The van der Waals surface area contributed by atoms with Crippen molar-refractivity contribution in [2.24, 2.45) is 0 Å². The Kier molecular flexibility index (Phi) is 96.6. The molecule has 0 aliphatic rings. The number of nitrogens with zero attached hydrogens (tertiary/aromatic N) is 1. The molecule has 0 aliphatic heterocycles. The molecule has 0 rings (SSSR count). The summed E-state index contributed by atoms with van der Waals surface area (Å²) in [7, 11) is 3.75. The molecular weight excluding hydrogens is 112 g/mol. The summed E-state index contributed by atoms with van der Waals surface area (Å²) in [5.74, 6) is 0. The number of nitrogens with one attached hydrogen (secondary N) is 1. The van der Waals surface area contributed by atoms with Crippen molar-refractivity contribution >= 4 is 12.4 Å². The minimum absolute atomic E-state index is 0. The van der Waals surface area contributed by atoms with Gasteiger partial charge in [0.25, 0.3) is 0 Å². The van der Waals surface area contributed by atoms with Gasteiger partial charge in [-0.3, -0.25) is 0 Å². The molecule has 0 aromatic carbocycles. The second-order valence-electron chi connectivity index (χ2n) is 0.724. The van der Waals surface area contributed by atoms with Gasteiger partial charge in [0.2, 0.25) is 0 Å². The third-order valence-electron chi connectivity index (χ3n) is 0. The lowest BCUT2D eigenvalue weighted by atomic mass is 11.0. The van der Waals surface area contributed by atoms with Crippen LogP contribution in [0.25, 0.3) is 0 Å². The van der Waals surface area contributed by atoms with E-state index in [-0.39, 0.29) is 12.4 Å². The first-order valence-electron chi connectivity index (χ1n) is 1.72. The van der Waals surface area contributed by atoms with Gasteiger partial charge >= 0.3 is 0 Å². The van der Waals surface area contributed by atoms with Crippen LogP contribution in [0.1, 0.15) is 6.92 Å². The molecule has 0 unspecified atom stereocenters. The van der Waals surface area contributed by atoms with Crippen molar-refractivity contribution in [2.45, 2.75) is 6.92 Å². The Hall–Kier alpha value is -0.260. The van der Waals surface area contributed by atoms with E-state index in [0.717, 1.165) is 0 Å². The molecule has 0 heterocycles. The highest BCUT2D eigenvalue weighted by Gasteiger charge is 1.25. The fourth-order valence-corrected chi connectivity index (χ4v) is 0. The summed E-state index contributed by atoms with van der Waals surface area (Å²) in [4.78, 5) is 0. The van der Waals surface area contributed by atoms with E-state index in [2.05, 4.69) is 5.32 Å². The molecule has 7 heavy (non-hydrogen) atoms. The molecule has 3 heteroatoms. The van der Waals surface area contributed by atoms with Crippen molar-refractivity contribution in [3.05, 3.63) is 0 Å². The first kappa shape index (κ1) is 15.9. The van der Waals surface area contributed by atoms with Crippen LogP contribution >= 0.6 is 12.4 Å². The largest absolute Gasteiger partial charge is 0.323 e. The van der Waals surface area contributed by atoms with Gasteiger partial charge in [0, 0.05) is 6.92 Å². The van der Waals surface area contributed by atoms with Gasteiger partial charge in [-0.05, 0) is 14.1 Å². The number of hydrogen-bond donors (Lipinski definition) is 1. The van der Waals surface area contributed by atoms with Gasteiger partial charge in [-0.25, -0.2) is 0 Å². The molecule has 0 fully saturated rings. The van der Waals surface area contributed by atoms with E-state index in [4.69, 9.17) is 5.26 Å². The molecule has 2 nitrogen and oxygen atoms in total. The minimum atomic E-state index is 0. The summed E-state index contributed by atoms with van der Waals surface area (Å²) >= 11 is 0. The summed E-state index contributed by atoms with van der Waals surface area (Å²) in [6.45, 7) is 1.43. The zero-order chi connectivity index (χ0) is 5.41. The molecule has 0 saturated carbocycles. The van der Waals surface area contributed by atoms with E-state index in [1.165, 1.54) is 6.92 Å². The van der Waals surface area contributed by atoms with Gasteiger partial charge in [-0.1, -0.05) is 0 Å². The molecule has 1 N–H and O–H groups in total. The van der Waals surface area contributed by atoms with Crippen LogP contribution in [0.5, 0.6) is 0 Å². The third kappa shape index (κ3) is 1190. The van der Waals surface area contributed by atoms with E-state index >= 15 is 0 Å². The lowest BCUT2D eigenvalue weighted by Gasteiger charge is -1.59. The normalized spacial score (nSPS) is 3.71. The zero-order valence-electron chi connectivity index (χ0n) is 4.86. The number of halogens is 1. The van der Waals surface area contributed by atoms with Crippen molar-refractivity contribution in [3.63, 3.8) is 0 Å². The summed E-state index contributed by atoms with van der Waals surface area (Å²) in [5, 5.41) is 10.1. The molecule has 44 valence electrons. The minimum Gasteiger partial charge on any atom is -0.323 e. The second-order valence-corrected chi connectivity index (χ2v) is 0.724. The first-order valence-corrected chi connectivity index (χ1v) is 1.72. The Morgan fingerprint density at radius 3 is 1.43 bits per heavy atom. The maximum absolute atomic E-state index is 7.32. The van der Waals surface area contributed by atoms with E-state index in [0.29, 0.717) is 0 Å². The molecule has 0 aromatic rings. The maximum atomic E-state index is 7.32. The number of nitriles is 1. The third-order valence-corrected chi connectivity index (χ3v) is 0. The quantitative estimate of drug-likeness (QED) is 0.516. The van der Waals surface area contributed by atoms with Gasteiger partial charge in [0.15, 0.2) is 0 Å². The van der Waals surface area contributed by atoms with Gasteiger partial charge in [-0.15, -0.1) is 12.4 Å². The van der Waals surface area contributed by atoms with Crippen molar-refractivity contribution < 1.29 is 0 Å². The Bertz CT molecular complexity index is 39.4. The smallest absolute Gasteiger partial charge is 0.0587 e. The van der Waals surface area contributed by atoms with Crippen molar-refractivity contribution in [1.82, 2.24) is 5.32 Å². The van der Waals surface area contributed by atoms with Crippen LogP contribution in [-0.4, -0.2) is 14.1 Å². The molecule has 0 aliphatic carbocycles. The molecule has 0 atom stereocenters. The van der Waals surface area contributed by atoms with Crippen LogP contribution in [0.4, 0.5) is 0 Å². The molecule has 0 radical (unpaired) electrons. The van der Waals surface area contributed by atoms with Crippen LogP contribution in [0, 0.1) is 11.3 Å². The van der Waals surface area contributed by atoms with Crippen LogP contribution in [0.3, 0.4) is 0 Å². The SMILES string of the molecule is CC#N.CNC.Cl. The maximum Gasteiger partial charge on any atom is 0.0587 e. The molecule has 0 saturated heterocycles. The Labute approximate surface area is 50.9 Å². The number of hydrogen-bond acceptors (Lipinski definition) is 2. The van der Waals surface area contributed by atoms with Crippen LogP contribution in [0.2, 0.25) is 0 Å². The van der Waals surface area contributed by atoms with E-state index < -0.39 is 0 Å². The van der Waals surface area contributed by atoms with Crippen molar-refractivity contribution in [1.29, 1.82) is 5.26 Å². The fraction of sp³-hybridized carbons (Fsp3) is 0.750. The summed E-state index contributed by atoms with van der Waals surface area (Å²) in [5.41, 5.74) is 0. The van der Waals surface area contributed by atoms with Crippen molar-refractivity contribution in [2.75, 3.05) is 14.1 Å². The van der Waals surface area contributed by atoms with Gasteiger partial charge < -0.3 is 5.32 Å². The standard InChI is InChI=1S/C2H7N.C2H3N.ClH/c1-3-2;1-2-3;/h3H,1-2H3;1H3;1H. The summed E-state index contributed by atoms with van der Waals surface area (Å²) in [6.07, 6.45) is 0. The van der Waals surface area contributed by atoms with Gasteiger partial charge in [0.1, 0.15) is 0 Å². The van der Waals surface area contributed by atoms with Crippen molar-refractivity contribution in [3.8, 4) is 6.07 Å². The Balaban J connectivity index is -0.0000000400. The Morgan fingerprint density at radius 1 is 1.43 bits per heavy atom. The Morgan fingerprint density at radius 2 is 1.43 bits per heavy atom. The summed E-state index contributed by atoms with van der Waals surface area (Å²) < 4.78 is 0. The fourth-order valence-electron chi connectivity index (χ4n) is 0. The summed E-state index contributed by atoms with van der Waals surface area (Å²) in [6, 6.07) is 1.75. The predicted octanol–water partition coefficient (Wildman–Crippen LogP) is 0.787. The monoisotopic (exact) mass is 122 g/mol. The average molecular weight is 123 g/mol. The molecule has 0 bridgehead atoms. The average Bonchev–Trinajstić information content (AvgIpc) is 1.39.